The van der Waals surface area contributed by atoms with Crippen LogP contribution in [0.2, 0.25) is 0 Å². The summed E-state index contributed by atoms with van der Waals surface area (Å²) in [4.78, 5) is 38.3. The average Bonchev–Trinajstić information content (AvgIpc) is 3.46. The molecule has 5 heterocycles. The van der Waals surface area contributed by atoms with Crippen molar-refractivity contribution in [2.24, 2.45) is 5.41 Å². The maximum Gasteiger partial charge on any atom is 0.453 e. The number of pyridine rings is 1. The molecule has 0 aromatic carbocycles. The summed E-state index contributed by atoms with van der Waals surface area (Å²) in [6.45, 7) is -0.914. The number of nitrogens with zero attached hydrogens (tertiary/aromatic N) is 5. The van der Waals surface area contributed by atoms with Crippen LogP contribution in [0.5, 0.6) is 0 Å². The van der Waals surface area contributed by atoms with E-state index in [0.29, 0.717) is 12.8 Å². The number of hydrogen-bond acceptors (Lipinski definition) is 7. The highest BCUT2D eigenvalue weighted by Gasteiger charge is 2.75. The molecule has 3 aromatic rings. The molecule has 2 N–H and O–H groups in total. The normalized spacial score (nSPS) is 21.8. The van der Waals surface area contributed by atoms with E-state index in [1.165, 1.54) is 7.11 Å². The smallest absolute Gasteiger partial charge is 0.362 e. The summed E-state index contributed by atoms with van der Waals surface area (Å²) < 4.78 is 85.5. The zero-order valence-corrected chi connectivity index (χ0v) is 18.7. The number of hydrogen-bond donors (Lipinski definition) is 2. The van der Waals surface area contributed by atoms with Gasteiger partial charge in [-0.05, 0) is 18.9 Å². The standard InChI is InChI=1S/C21H15F6N7O3/c1-37-20-10-12(31-16(35)18(20)2-3-18)29-14(30-13(10)32-17(20)36)11-9-6-8(22)7-28-15(9)34(33-11)5-4-19(23,24)21(25,26)27/h6-7H,2-5H2,1H3,(H2,29,30,31,32,35,36). The van der Waals surface area contributed by atoms with Crippen molar-refractivity contribution < 1.29 is 40.7 Å². The van der Waals surface area contributed by atoms with Gasteiger partial charge in [0.05, 0.1) is 22.6 Å². The van der Waals surface area contributed by atoms with Crippen LogP contribution in [0.15, 0.2) is 12.3 Å². The first kappa shape index (κ1) is 23.6. The Hall–Kier alpha value is -3.82. The molecule has 6 rings (SSSR count). The number of anilines is 2. The summed E-state index contributed by atoms with van der Waals surface area (Å²) >= 11 is 0. The van der Waals surface area contributed by atoms with Crippen molar-refractivity contribution >= 4 is 34.5 Å². The van der Waals surface area contributed by atoms with Crippen molar-refractivity contribution in [1.29, 1.82) is 0 Å². The Balaban J connectivity index is 1.48. The number of fused-ring (bicyclic) bond motifs is 2. The fourth-order valence-corrected chi connectivity index (χ4v) is 5.07. The average molecular weight is 527 g/mol. The van der Waals surface area contributed by atoms with Gasteiger partial charge in [-0.2, -0.15) is 27.1 Å². The molecule has 1 unspecified atom stereocenters. The first-order valence-corrected chi connectivity index (χ1v) is 10.9. The summed E-state index contributed by atoms with van der Waals surface area (Å²) in [6.07, 6.45) is -5.88. The number of carbonyl (C=O) groups excluding carboxylic acids is 2. The third-order valence-corrected chi connectivity index (χ3v) is 7.03. The van der Waals surface area contributed by atoms with E-state index in [9.17, 15) is 35.9 Å². The Kier molecular flexibility index (Phi) is 4.55. The van der Waals surface area contributed by atoms with Crippen molar-refractivity contribution in [2.45, 2.75) is 43.5 Å². The van der Waals surface area contributed by atoms with Crippen LogP contribution >= 0.6 is 0 Å². The molecular formula is C21H15F6N7O3. The molecule has 0 bridgehead atoms. The second-order valence-electron chi connectivity index (χ2n) is 9.04. The van der Waals surface area contributed by atoms with Crippen LogP contribution in [0.3, 0.4) is 0 Å². The van der Waals surface area contributed by atoms with Gasteiger partial charge in [-0.25, -0.2) is 24.0 Å². The molecular weight excluding hydrogens is 512 g/mol. The quantitative estimate of drug-likeness (QED) is 0.489. The number of ether oxygens (including phenoxy) is 1. The molecule has 16 heteroatoms. The van der Waals surface area contributed by atoms with Crippen LogP contribution in [-0.4, -0.2) is 55.8 Å². The van der Waals surface area contributed by atoms with Gasteiger partial charge in [-0.3, -0.25) is 9.59 Å². The van der Waals surface area contributed by atoms with Gasteiger partial charge in [-0.15, -0.1) is 0 Å². The fourth-order valence-electron chi connectivity index (χ4n) is 5.07. The second-order valence-corrected chi connectivity index (χ2v) is 9.04. The van der Waals surface area contributed by atoms with Gasteiger partial charge < -0.3 is 15.4 Å². The van der Waals surface area contributed by atoms with Crippen molar-refractivity contribution in [3.05, 3.63) is 23.6 Å². The highest BCUT2D eigenvalue weighted by atomic mass is 19.4. The molecule has 2 aliphatic heterocycles. The maximum absolute atomic E-state index is 14.0. The van der Waals surface area contributed by atoms with Gasteiger partial charge in [0.25, 0.3) is 5.91 Å². The van der Waals surface area contributed by atoms with Crippen molar-refractivity contribution in [2.75, 3.05) is 17.7 Å². The number of rotatable bonds is 5. The van der Waals surface area contributed by atoms with E-state index in [0.717, 1.165) is 16.9 Å². The fraction of sp³-hybridized carbons (Fsp3) is 0.429. The lowest BCUT2D eigenvalue weighted by molar-refractivity contribution is -0.285. The molecule has 1 spiro atoms. The van der Waals surface area contributed by atoms with Crippen LogP contribution < -0.4 is 10.6 Å². The largest absolute Gasteiger partial charge is 0.453 e. The van der Waals surface area contributed by atoms with Crippen LogP contribution in [0, 0.1) is 11.2 Å². The van der Waals surface area contributed by atoms with Crippen molar-refractivity contribution in [1.82, 2.24) is 24.7 Å². The van der Waals surface area contributed by atoms with E-state index in [1.54, 1.807) is 0 Å². The molecule has 10 nitrogen and oxygen atoms in total. The van der Waals surface area contributed by atoms with E-state index < -0.39 is 53.7 Å². The molecule has 1 fully saturated rings. The topological polar surface area (TPSA) is 124 Å². The van der Waals surface area contributed by atoms with Crippen molar-refractivity contribution in [3.63, 3.8) is 0 Å². The Morgan fingerprint density at radius 3 is 2.32 bits per heavy atom. The summed E-state index contributed by atoms with van der Waals surface area (Å²) in [7, 11) is 1.28. The number of amides is 2. The van der Waals surface area contributed by atoms with E-state index in [1.807, 2.05) is 0 Å². The van der Waals surface area contributed by atoms with Crippen LogP contribution in [-0.2, 0) is 26.5 Å². The lowest BCUT2D eigenvalue weighted by atomic mass is 9.76. The Bertz CT molecular complexity index is 1520. The predicted octanol–water partition coefficient (Wildman–Crippen LogP) is 3.14. The van der Waals surface area contributed by atoms with Crippen LogP contribution in [0.25, 0.3) is 22.6 Å². The minimum atomic E-state index is -5.77. The number of carbonyl (C=O) groups is 2. The minimum absolute atomic E-state index is 0.00575. The van der Waals surface area contributed by atoms with Crippen LogP contribution in [0.4, 0.5) is 38.0 Å². The summed E-state index contributed by atoms with van der Waals surface area (Å²) in [5.74, 6) is -7.29. The summed E-state index contributed by atoms with van der Waals surface area (Å²) in [6, 6.07) is 0.945. The summed E-state index contributed by atoms with van der Waals surface area (Å²) in [5.41, 5.74) is -2.97. The molecule has 1 saturated carbocycles. The Morgan fingerprint density at radius 2 is 1.73 bits per heavy atom. The van der Waals surface area contributed by atoms with Gasteiger partial charge in [-0.1, -0.05) is 0 Å². The SMILES string of the molecule is COC12C(=O)Nc3nc(-c4nn(CCC(F)(F)C(F)(F)F)c5ncc(F)cc45)nc(c31)NC(=O)C21CC1. The minimum Gasteiger partial charge on any atom is -0.362 e. The lowest BCUT2D eigenvalue weighted by Crippen LogP contribution is -2.53. The van der Waals surface area contributed by atoms with Gasteiger partial charge in [0.1, 0.15) is 23.1 Å². The third kappa shape index (κ3) is 2.98. The predicted molar refractivity (Wildman–Crippen MR) is 112 cm³/mol. The van der Waals surface area contributed by atoms with Gasteiger partial charge in [0.2, 0.25) is 5.91 Å². The molecule has 3 aliphatic rings. The maximum atomic E-state index is 14.0. The number of aromatic nitrogens is 5. The first-order valence-electron chi connectivity index (χ1n) is 10.9. The highest BCUT2D eigenvalue weighted by molar-refractivity contribution is 6.16. The highest BCUT2D eigenvalue weighted by Crippen LogP contribution is 2.66. The molecule has 1 atom stereocenters. The zero-order chi connectivity index (χ0) is 26.5. The van der Waals surface area contributed by atoms with Gasteiger partial charge >= 0.3 is 12.1 Å². The Morgan fingerprint density at radius 1 is 1.08 bits per heavy atom. The molecule has 1 aliphatic carbocycles. The van der Waals surface area contributed by atoms with E-state index in [-0.39, 0.29) is 39.8 Å². The first-order chi connectivity index (χ1) is 17.3. The van der Waals surface area contributed by atoms with Crippen molar-refractivity contribution in [3.8, 4) is 11.5 Å². The number of nitrogens with one attached hydrogen (secondary N) is 2. The van der Waals surface area contributed by atoms with Gasteiger partial charge in [0.15, 0.2) is 17.1 Å². The van der Waals surface area contributed by atoms with Gasteiger partial charge in [0, 0.05) is 20.1 Å². The molecule has 0 radical (unpaired) electrons. The second kappa shape index (κ2) is 7.14. The zero-order valence-electron chi connectivity index (χ0n) is 18.7. The Labute approximate surface area is 202 Å². The van der Waals surface area contributed by atoms with E-state index in [2.05, 4.69) is 30.7 Å². The molecule has 194 valence electrons. The number of methoxy groups -OCH3 is 1. The number of aryl methyl sites for hydroxylation is 1. The summed E-state index contributed by atoms with van der Waals surface area (Å²) in [5, 5.41) is 9.17. The lowest BCUT2D eigenvalue weighted by Gasteiger charge is -2.37. The van der Waals surface area contributed by atoms with Crippen LogP contribution in [0.1, 0.15) is 24.8 Å². The number of alkyl halides is 5. The number of halogens is 6. The van der Waals surface area contributed by atoms with E-state index in [4.69, 9.17) is 4.74 Å². The van der Waals surface area contributed by atoms with E-state index >= 15 is 0 Å². The monoisotopic (exact) mass is 527 g/mol. The molecule has 0 saturated heterocycles. The third-order valence-electron chi connectivity index (χ3n) is 7.03. The molecule has 37 heavy (non-hydrogen) atoms. The molecule has 3 aromatic heterocycles. The molecule has 2 amide bonds.